The Morgan fingerprint density at radius 2 is 1.84 bits per heavy atom. The van der Waals surface area contributed by atoms with Gasteiger partial charge in [0, 0.05) is 41.7 Å². The van der Waals surface area contributed by atoms with Crippen LogP contribution in [0.2, 0.25) is 0 Å². The smallest absolute Gasteiger partial charge is 0.255 e. The highest BCUT2D eigenvalue weighted by Gasteiger charge is 2.27. The maximum absolute atomic E-state index is 12.9. The molecule has 8 heteroatoms. The molecule has 0 spiro atoms. The zero-order valence-electron chi connectivity index (χ0n) is 13.9. The summed E-state index contributed by atoms with van der Waals surface area (Å²) in [7, 11) is -3.19. The van der Waals surface area contributed by atoms with Gasteiger partial charge < -0.3 is 4.90 Å². The second-order valence-electron chi connectivity index (χ2n) is 5.82. The topological polar surface area (TPSA) is 57.7 Å². The number of hydrogen-bond acceptors (Lipinski definition) is 5. The number of nitrogens with zero attached hydrogens (tertiary/aromatic N) is 2. The highest BCUT2D eigenvalue weighted by molar-refractivity contribution is 7.98. The van der Waals surface area contributed by atoms with E-state index in [1.54, 1.807) is 28.0 Å². The van der Waals surface area contributed by atoms with Crippen LogP contribution in [-0.2, 0) is 15.8 Å². The predicted molar refractivity (Wildman–Crippen MR) is 103 cm³/mol. The van der Waals surface area contributed by atoms with E-state index in [1.165, 1.54) is 15.4 Å². The minimum Gasteiger partial charge on any atom is -0.336 e. The Hall–Kier alpha value is -1.35. The molecule has 1 fully saturated rings. The van der Waals surface area contributed by atoms with E-state index in [4.69, 9.17) is 0 Å². The zero-order chi connectivity index (χ0) is 17.9. The summed E-state index contributed by atoms with van der Waals surface area (Å²) < 4.78 is 24.6. The van der Waals surface area contributed by atoms with Gasteiger partial charge in [-0.25, -0.2) is 8.42 Å². The van der Waals surface area contributed by atoms with Crippen molar-refractivity contribution >= 4 is 39.0 Å². The lowest BCUT2D eigenvalue weighted by Crippen LogP contribution is -2.50. The predicted octanol–water partition coefficient (Wildman–Crippen LogP) is 2.76. The van der Waals surface area contributed by atoms with Crippen LogP contribution in [0.1, 0.15) is 15.2 Å². The van der Waals surface area contributed by atoms with Crippen molar-refractivity contribution in [2.24, 2.45) is 0 Å². The van der Waals surface area contributed by atoms with Gasteiger partial charge in [-0.05, 0) is 23.6 Å². The molecular weight excluding hydrogens is 376 g/mol. The van der Waals surface area contributed by atoms with Gasteiger partial charge in [0.15, 0.2) is 0 Å². The molecule has 1 amide bonds. The third kappa shape index (κ3) is 4.63. The number of piperazine rings is 1. The summed E-state index contributed by atoms with van der Waals surface area (Å²) in [4.78, 5) is 16.9. The van der Waals surface area contributed by atoms with Crippen molar-refractivity contribution in [3.05, 3.63) is 52.2 Å². The van der Waals surface area contributed by atoms with Crippen molar-refractivity contribution in [1.29, 1.82) is 0 Å². The van der Waals surface area contributed by atoms with Crippen molar-refractivity contribution in [2.75, 3.05) is 32.4 Å². The molecule has 1 aromatic carbocycles. The van der Waals surface area contributed by atoms with Crippen LogP contribution in [0.3, 0.4) is 0 Å². The van der Waals surface area contributed by atoms with E-state index in [0.29, 0.717) is 31.7 Å². The maximum atomic E-state index is 12.9. The maximum Gasteiger partial charge on any atom is 0.255 e. The molecule has 1 aromatic heterocycles. The Bertz CT molecular complexity index is 827. The lowest BCUT2D eigenvalue weighted by molar-refractivity contribution is 0.0695. The first-order chi connectivity index (χ1) is 11.9. The lowest BCUT2D eigenvalue weighted by Gasteiger charge is -2.33. The van der Waals surface area contributed by atoms with Gasteiger partial charge in [-0.2, -0.15) is 4.31 Å². The first-order valence-electron chi connectivity index (χ1n) is 7.94. The molecule has 2 aromatic rings. The molecule has 0 atom stereocenters. The van der Waals surface area contributed by atoms with Gasteiger partial charge in [-0.15, -0.1) is 23.1 Å². The van der Waals surface area contributed by atoms with Crippen LogP contribution in [0.5, 0.6) is 0 Å². The van der Waals surface area contributed by atoms with Gasteiger partial charge >= 0.3 is 0 Å². The standard InChI is InChI=1S/C17H20N2O3S3/c1-25(21,22)19-10-8-18(9-11-19)17(20)15-6-2-3-7-16(15)24-13-14-5-4-12-23-14/h2-7,12H,8-11,13H2,1H3. The number of benzene rings is 1. The molecule has 1 aliphatic rings. The van der Waals surface area contributed by atoms with E-state index < -0.39 is 10.0 Å². The van der Waals surface area contributed by atoms with Gasteiger partial charge in [-0.1, -0.05) is 18.2 Å². The van der Waals surface area contributed by atoms with Crippen LogP contribution >= 0.6 is 23.1 Å². The highest BCUT2D eigenvalue weighted by Crippen LogP contribution is 2.29. The molecule has 0 unspecified atom stereocenters. The SMILES string of the molecule is CS(=O)(=O)N1CCN(C(=O)c2ccccc2SCc2cccs2)CC1. The first kappa shape index (κ1) is 18.4. The third-order valence-electron chi connectivity index (χ3n) is 4.06. The molecule has 1 aliphatic heterocycles. The second kappa shape index (κ2) is 7.90. The van der Waals surface area contributed by atoms with E-state index in [2.05, 4.69) is 6.07 Å². The second-order valence-corrected chi connectivity index (χ2v) is 9.85. The van der Waals surface area contributed by atoms with Crippen molar-refractivity contribution in [3.8, 4) is 0 Å². The van der Waals surface area contributed by atoms with Crippen molar-refractivity contribution in [3.63, 3.8) is 0 Å². The van der Waals surface area contributed by atoms with Crippen LogP contribution < -0.4 is 0 Å². The fourth-order valence-corrected chi connectivity index (χ4v) is 5.35. The molecule has 134 valence electrons. The Labute approximate surface area is 156 Å². The number of carbonyl (C=O) groups excluding carboxylic acids is 1. The quantitative estimate of drug-likeness (QED) is 0.729. The molecule has 3 rings (SSSR count). The number of carbonyl (C=O) groups is 1. The van der Waals surface area contributed by atoms with Gasteiger partial charge in [0.2, 0.25) is 10.0 Å². The number of thioether (sulfide) groups is 1. The minimum atomic E-state index is -3.19. The Morgan fingerprint density at radius 1 is 1.12 bits per heavy atom. The van der Waals surface area contributed by atoms with E-state index >= 15 is 0 Å². The number of hydrogen-bond donors (Lipinski definition) is 0. The van der Waals surface area contributed by atoms with E-state index in [0.717, 1.165) is 10.6 Å². The average molecular weight is 397 g/mol. The number of thiophene rings is 1. The minimum absolute atomic E-state index is 0.0255. The summed E-state index contributed by atoms with van der Waals surface area (Å²) in [6, 6.07) is 11.7. The summed E-state index contributed by atoms with van der Waals surface area (Å²) in [6.45, 7) is 1.57. The summed E-state index contributed by atoms with van der Waals surface area (Å²) in [5.41, 5.74) is 0.692. The largest absolute Gasteiger partial charge is 0.336 e. The van der Waals surface area contributed by atoms with Gasteiger partial charge in [0.05, 0.1) is 11.8 Å². The lowest BCUT2D eigenvalue weighted by atomic mass is 10.2. The summed E-state index contributed by atoms with van der Waals surface area (Å²) >= 11 is 3.37. The number of rotatable bonds is 5. The molecule has 1 saturated heterocycles. The van der Waals surface area contributed by atoms with Crippen molar-refractivity contribution in [1.82, 2.24) is 9.21 Å². The Morgan fingerprint density at radius 3 is 2.48 bits per heavy atom. The molecule has 0 aliphatic carbocycles. The van der Waals surface area contributed by atoms with Crippen LogP contribution in [0.25, 0.3) is 0 Å². The highest BCUT2D eigenvalue weighted by atomic mass is 32.2. The first-order valence-corrected chi connectivity index (χ1v) is 11.6. The average Bonchev–Trinajstić information content (AvgIpc) is 3.12. The summed E-state index contributed by atoms with van der Waals surface area (Å²) in [6.07, 6.45) is 1.21. The summed E-state index contributed by atoms with van der Waals surface area (Å²) in [5.74, 6) is 0.812. The fraction of sp³-hybridized carbons (Fsp3) is 0.353. The molecule has 0 saturated carbocycles. The molecule has 0 N–H and O–H groups in total. The monoisotopic (exact) mass is 396 g/mol. The van der Waals surface area contributed by atoms with Crippen LogP contribution in [0.15, 0.2) is 46.7 Å². The Kier molecular flexibility index (Phi) is 5.83. The van der Waals surface area contributed by atoms with Crippen LogP contribution in [-0.4, -0.2) is 56.0 Å². The Balaban J connectivity index is 1.68. The van der Waals surface area contributed by atoms with E-state index in [9.17, 15) is 13.2 Å². The van der Waals surface area contributed by atoms with Crippen LogP contribution in [0, 0.1) is 0 Å². The molecule has 0 bridgehead atoms. The third-order valence-corrected chi connectivity index (χ3v) is 7.55. The molecule has 25 heavy (non-hydrogen) atoms. The van der Waals surface area contributed by atoms with Crippen molar-refractivity contribution < 1.29 is 13.2 Å². The fourth-order valence-electron chi connectivity index (χ4n) is 2.71. The van der Waals surface area contributed by atoms with Crippen LogP contribution in [0.4, 0.5) is 0 Å². The van der Waals surface area contributed by atoms with Gasteiger partial charge in [0.1, 0.15) is 0 Å². The molecule has 0 radical (unpaired) electrons. The van der Waals surface area contributed by atoms with Gasteiger partial charge in [0.25, 0.3) is 5.91 Å². The van der Waals surface area contributed by atoms with E-state index in [-0.39, 0.29) is 5.91 Å². The summed E-state index contributed by atoms with van der Waals surface area (Å²) in [5, 5.41) is 2.05. The number of sulfonamides is 1. The molecule has 5 nitrogen and oxygen atoms in total. The van der Waals surface area contributed by atoms with E-state index in [1.807, 2.05) is 35.7 Å². The molecule has 2 heterocycles. The zero-order valence-corrected chi connectivity index (χ0v) is 16.4. The van der Waals surface area contributed by atoms with Crippen molar-refractivity contribution in [2.45, 2.75) is 10.6 Å². The normalized spacial score (nSPS) is 16.1. The molecular formula is C17H20N2O3S3. The van der Waals surface area contributed by atoms with Gasteiger partial charge in [-0.3, -0.25) is 4.79 Å². The number of amides is 1.